The lowest BCUT2D eigenvalue weighted by Gasteiger charge is -2.39. The molecule has 180 valence electrons. The van der Waals surface area contributed by atoms with Gasteiger partial charge in [-0.05, 0) is 44.4 Å². The molecule has 1 aliphatic carbocycles. The number of unbranched alkanes of at least 4 members (excludes halogenated alkanes) is 1. The number of carbonyl (C=O) groups excluding carboxylic acids is 3. The van der Waals surface area contributed by atoms with Gasteiger partial charge in [-0.25, -0.2) is 0 Å². The Morgan fingerprint density at radius 1 is 1.19 bits per heavy atom. The molecule has 0 aromatic carbocycles. The number of likely N-dealkylation sites (tertiary alicyclic amines) is 1. The molecule has 0 aromatic heterocycles. The average molecular weight is 466 g/mol. The summed E-state index contributed by atoms with van der Waals surface area (Å²) in [6.07, 6.45) is 8.48. The van der Waals surface area contributed by atoms with Crippen LogP contribution in [0.15, 0.2) is 0 Å². The lowest BCUT2D eigenvalue weighted by Crippen LogP contribution is -2.58. The standard InChI is InChI=1S/C24H39N3O4S/c1-3-11-25-21(29)18-17-14-15(2)24(32-17)19(18)23(31)27(12-7-8-13-28)20(24)22(30)26-16-9-5-4-6-10-16/h15-20,28H,3-14H2,1-2H3,(H,25,29)(H,26,30)/t15?,17-,18+,19+,20?,24?/m1/s1. The molecular formula is C24H39N3O4S. The van der Waals surface area contributed by atoms with Crippen LogP contribution in [0.3, 0.4) is 0 Å². The van der Waals surface area contributed by atoms with Crippen LogP contribution in [0.25, 0.3) is 0 Å². The summed E-state index contributed by atoms with van der Waals surface area (Å²) in [6, 6.07) is -0.349. The first-order valence-corrected chi connectivity index (χ1v) is 13.5. The van der Waals surface area contributed by atoms with Gasteiger partial charge in [0.1, 0.15) is 6.04 Å². The predicted molar refractivity (Wildman–Crippen MR) is 125 cm³/mol. The van der Waals surface area contributed by atoms with Crippen molar-refractivity contribution in [1.29, 1.82) is 0 Å². The van der Waals surface area contributed by atoms with Gasteiger partial charge < -0.3 is 20.6 Å². The fraction of sp³-hybridized carbons (Fsp3) is 0.875. The number of fused-ring (bicyclic) bond motifs is 1. The van der Waals surface area contributed by atoms with Crippen molar-refractivity contribution in [3.05, 3.63) is 0 Å². The van der Waals surface area contributed by atoms with Gasteiger partial charge in [-0.2, -0.15) is 0 Å². The molecule has 4 aliphatic rings. The molecule has 3 amide bonds. The smallest absolute Gasteiger partial charge is 0.244 e. The molecule has 32 heavy (non-hydrogen) atoms. The zero-order chi connectivity index (χ0) is 22.9. The van der Waals surface area contributed by atoms with Crippen LogP contribution in [0.4, 0.5) is 0 Å². The SMILES string of the molecule is CCCNC(=O)[C@@H]1[C@H]2C(=O)N(CCCCO)C(C(=O)NC3CCCCC3)C23S[C@@H]1CC3C. The second-order valence-corrected chi connectivity index (χ2v) is 11.7. The topological polar surface area (TPSA) is 98.7 Å². The third-order valence-corrected chi connectivity index (χ3v) is 10.2. The number of rotatable bonds is 9. The van der Waals surface area contributed by atoms with Crippen molar-refractivity contribution >= 4 is 29.5 Å². The summed E-state index contributed by atoms with van der Waals surface area (Å²) in [7, 11) is 0. The molecule has 8 heteroatoms. The van der Waals surface area contributed by atoms with E-state index in [0.717, 1.165) is 38.5 Å². The van der Waals surface area contributed by atoms with E-state index in [1.54, 1.807) is 16.7 Å². The van der Waals surface area contributed by atoms with Crippen molar-refractivity contribution in [2.45, 2.75) is 93.7 Å². The van der Waals surface area contributed by atoms with E-state index in [1.807, 2.05) is 6.92 Å². The first-order chi connectivity index (χ1) is 15.5. The van der Waals surface area contributed by atoms with Crippen LogP contribution in [-0.2, 0) is 14.4 Å². The van der Waals surface area contributed by atoms with Crippen LogP contribution < -0.4 is 10.6 Å². The molecule has 1 spiro atoms. The van der Waals surface area contributed by atoms with Crippen LogP contribution in [0.1, 0.15) is 71.6 Å². The number of hydrogen-bond donors (Lipinski definition) is 3. The molecule has 6 atom stereocenters. The van der Waals surface area contributed by atoms with Gasteiger partial charge in [-0.3, -0.25) is 14.4 Å². The van der Waals surface area contributed by atoms with Crippen molar-refractivity contribution in [3.63, 3.8) is 0 Å². The third kappa shape index (κ3) is 3.95. The third-order valence-electron chi connectivity index (χ3n) is 8.10. The van der Waals surface area contributed by atoms with E-state index >= 15 is 0 Å². The second-order valence-electron chi connectivity index (χ2n) is 10.1. The Morgan fingerprint density at radius 2 is 1.94 bits per heavy atom. The minimum Gasteiger partial charge on any atom is -0.396 e. The molecular weight excluding hydrogens is 426 g/mol. The predicted octanol–water partition coefficient (Wildman–Crippen LogP) is 2.07. The molecule has 3 N–H and O–H groups in total. The molecule has 0 radical (unpaired) electrons. The Kier molecular flexibility index (Phi) is 7.40. The first-order valence-electron chi connectivity index (χ1n) is 12.6. The number of thioether (sulfide) groups is 1. The summed E-state index contributed by atoms with van der Waals surface area (Å²) in [6.45, 7) is 5.33. The normalized spacial score (nSPS) is 36.4. The number of aliphatic hydroxyl groups is 1. The van der Waals surface area contributed by atoms with E-state index in [-0.39, 0.29) is 47.5 Å². The second kappa shape index (κ2) is 9.92. The van der Waals surface area contributed by atoms with Gasteiger partial charge >= 0.3 is 0 Å². The minimum absolute atomic E-state index is 0.0277. The van der Waals surface area contributed by atoms with Gasteiger partial charge in [0, 0.05) is 31.0 Å². The maximum Gasteiger partial charge on any atom is 0.244 e. The molecule has 3 aliphatic heterocycles. The van der Waals surface area contributed by atoms with Crippen molar-refractivity contribution in [3.8, 4) is 0 Å². The Morgan fingerprint density at radius 3 is 2.62 bits per heavy atom. The molecule has 3 saturated heterocycles. The van der Waals surface area contributed by atoms with Crippen molar-refractivity contribution in [1.82, 2.24) is 15.5 Å². The summed E-state index contributed by atoms with van der Waals surface area (Å²) < 4.78 is -0.534. The Balaban J connectivity index is 1.63. The van der Waals surface area contributed by atoms with E-state index in [1.165, 1.54) is 6.42 Å². The van der Waals surface area contributed by atoms with Crippen LogP contribution in [0, 0.1) is 17.8 Å². The maximum atomic E-state index is 13.8. The summed E-state index contributed by atoms with van der Waals surface area (Å²) >= 11 is 1.74. The maximum absolute atomic E-state index is 13.8. The number of amides is 3. The zero-order valence-corrected chi connectivity index (χ0v) is 20.3. The molecule has 4 fully saturated rings. The summed E-state index contributed by atoms with van der Waals surface area (Å²) in [4.78, 5) is 42.4. The van der Waals surface area contributed by atoms with Gasteiger partial charge in [0.05, 0.1) is 16.6 Å². The van der Waals surface area contributed by atoms with Crippen molar-refractivity contribution < 1.29 is 19.5 Å². The first kappa shape index (κ1) is 23.9. The number of hydrogen-bond acceptors (Lipinski definition) is 5. The Bertz CT molecular complexity index is 728. The molecule has 7 nitrogen and oxygen atoms in total. The van der Waals surface area contributed by atoms with Crippen molar-refractivity contribution in [2.75, 3.05) is 19.7 Å². The number of nitrogens with zero attached hydrogens (tertiary/aromatic N) is 1. The van der Waals surface area contributed by atoms with Gasteiger partial charge in [-0.15, -0.1) is 11.8 Å². The molecule has 0 aromatic rings. The molecule has 4 rings (SSSR count). The molecule has 3 unspecified atom stereocenters. The number of carbonyl (C=O) groups is 3. The Hall–Kier alpha value is -1.28. The van der Waals surface area contributed by atoms with E-state index in [0.29, 0.717) is 25.9 Å². The minimum atomic E-state index is -0.534. The average Bonchev–Trinajstić information content (AvgIpc) is 3.37. The zero-order valence-electron chi connectivity index (χ0n) is 19.5. The van der Waals surface area contributed by atoms with Crippen LogP contribution >= 0.6 is 11.8 Å². The summed E-state index contributed by atoms with van der Waals surface area (Å²) in [5.41, 5.74) is 0. The van der Waals surface area contributed by atoms with E-state index < -0.39 is 16.7 Å². The van der Waals surface area contributed by atoms with Crippen LogP contribution in [0.2, 0.25) is 0 Å². The van der Waals surface area contributed by atoms with E-state index in [9.17, 15) is 19.5 Å². The highest BCUT2D eigenvalue weighted by molar-refractivity contribution is 8.02. The molecule has 2 bridgehead atoms. The summed E-state index contributed by atoms with van der Waals surface area (Å²) in [5.74, 6) is -0.694. The van der Waals surface area contributed by atoms with Crippen LogP contribution in [-0.4, -0.2) is 69.5 Å². The lowest BCUT2D eigenvalue weighted by atomic mass is 9.65. The van der Waals surface area contributed by atoms with Crippen LogP contribution in [0.5, 0.6) is 0 Å². The highest BCUT2D eigenvalue weighted by Crippen LogP contribution is 2.68. The lowest BCUT2D eigenvalue weighted by molar-refractivity contribution is -0.140. The van der Waals surface area contributed by atoms with Gasteiger partial charge in [0.2, 0.25) is 17.7 Å². The van der Waals surface area contributed by atoms with E-state index in [4.69, 9.17) is 0 Å². The largest absolute Gasteiger partial charge is 0.396 e. The highest BCUT2D eigenvalue weighted by atomic mass is 32.2. The van der Waals surface area contributed by atoms with Gasteiger partial charge in [0.15, 0.2) is 0 Å². The van der Waals surface area contributed by atoms with Gasteiger partial charge in [0.25, 0.3) is 0 Å². The summed E-state index contributed by atoms with van der Waals surface area (Å²) in [5, 5.41) is 15.7. The van der Waals surface area contributed by atoms with Gasteiger partial charge in [-0.1, -0.05) is 33.1 Å². The fourth-order valence-electron chi connectivity index (χ4n) is 6.65. The number of aliphatic hydroxyl groups excluding tert-OH is 1. The van der Waals surface area contributed by atoms with E-state index in [2.05, 4.69) is 17.6 Å². The molecule has 3 heterocycles. The number of nitrogens with one attached hydrogen (secondary N) is 2. The van der Waals surface area contributed by atoms with Crippen molar-refractivity contribution in [2.24, 2.45) is 17.8 Å². The quantitative estimate of drug-likeness (QED) is 0.453. The monoisotopic (exact) mass is 465 g/mol. The Labute approximate surface area is 195 Å². The highest BCUT2D eigenvalue weighted by Gasteiger charge is 2.75. The molecule has 1 saturated carbocycles. The fourth-order valence-corrected chi connectivity index (χ4v) is 9.07.